The molecule has 0 aliphatic carbocycles. The van der Waals surface area contributed by atoms with E-state index in [1.54, 1.807) is 12.4 Å². The quantitative estimate of drug-likeness (QED) is 0.798. The molecule has 0 fully saturated rings. The molecule has 5 nitrogen and oxygen atoms in total. The van der Waals surface area contributed by atoms with Crippen LogP contribution in [-0.4, -0.2) is 46.7 Å². The first-order chi connectivity index (χ1) is 7.27. The summed E-state index contributed by atoms with van der Waals surface area (Å²) in [4.78, 5) is 6.41. The Kier molecular flexibility index (Phi) is 2.82. The van der Waals surface area contributed by atoms with Crippen molar-refractivity contribution in [1.82, 2.24) is 19.5 Å². The highest BCUT2D eigenvalue weighted by atomic mass is 15.2. The summed E-state index contributed by atoms with van der Waals surface area (Å²) in [6.07, 6.45) is 5.36. The van der Waals surface area contributed by atoms with Gasteiger partial charge < -0.3 is 10.2 Å². The molecule has 0 unspecified atom stereocenters. The Bertz CT molecular complexity index is 434. The van der Waals surface area contributed by atoms with Gasteiger partial charge in [0.25, 0.3) is 0 Å². The van der Waals surface area contributed by atoms with Gasteiger partial charge in [-0.05, 0) is 20.2 Å². The van der Waals surface area contributed by atoms with Crippen molar-refractivity contribution in [3.8, 4) is 0 Å². The summed E-state index contributed by atoms with van der Waals surface area (Å²) in [6, 6.07) is 1.95. The predicted octanol–water partition coefficient (Wildman–Crippen LogP) is 0.703. The maximum absolute atomic E-state index is 4.29. The van der Waals surface area contributed by atoms with Gasteiger partial charge in [-0.25, -0.2) is 9.50 Å². The van der Waals surface area contributed by atoms with E-state index >= 15 is 0 Å². The molecule has 2 aromatic rings. The third-order valence-corrected chi connectivity index (χ3v) is 2.18. The standard InChI is InChI=1S/C10H15N5/c1-14(2)7-5-11-10-9-3-4-13-15(9)8-6-12-10/h3-4,6,8H,5,7H2,1-2H3,(H,11,12). The van der Waals surface area contributed by atoms with E-state index in [-0.39, 0.29) is 0 Å². The van der Waals surface area contributed by atoms with Crippen LogP contribution in [-0.2, 0) is 0 Å². The van der Waals surface area contributed by atoms with Gasteiger partial charge in [0.05, 0.1) is 6.20 Å². The summed E-state index contributed by atoms with van der Waals surface area (Å²) in [7, 11) is 4.10. The summed E-state index contributed by atoms with van der Waals surface area (Å²) in [5.41, 5.74) is 1.01. The van der Waals surface area contributed by atoms with Gasteiger partial charge in [-0.15, -0.1) is 0 Å². The van der Waals surface area contributed by atoms with E-state index in [4.69, 9.17) is 0 Å². The molecule has 0 aromatic carbocycles. The van der Waals surface area contributed by atoms with E-state index in [1.807, 2.05) is 16.8 Å². The van der Waals surface area contributed by atoms with Gasteiger partial charge >= 0.3 is 0 Å². The molecule has 0 saturated heterocycles. The Balaban J connectivity index is 2.10. The zero-order valence-electron chi connectivity index (χ0n) is 9.01. The van der Waals surface area contributed by atoms with Crippen LogP contribution >= 0.6 is 0 Å². The molecule has 5 heteroatoms. The molecule has 2 aromatic heterocycles. The molecular formula is C10H15N5. The van der Waals surface area contributed by atoms with Crippen LogP contribution in [0.4, 0.5) is 5.82 Å². The largest absolute Gasteiger partial charge is 0.367 e. The van der Waals surface area contributed by atoms with E-state index in [9.17, 15) is 0 Å². The van der Waals surface area contributed by atoms with Gasteiger partial charge in [-0.2, -0.15) is 5.10 Å². The molecule has 2 rings (SSSR count). The second-order valence-electron chi connectivity index (χ2n) is 3.67. The van der Waals surface area contributed by atoms with Crippen molar-refractivity contribution in [2.75, 3.05) is 32.5 Å². The van der Waals surface area contributed by atoms with Crippen molar-refractivity contribution in [2.45, 2.75) is 0 Å². The van der Waals surface area contributed by atoms with Crippen LogP contribution in [0.15, 0.2) is 24.7 Å². The number of nitrogens with zero attached hydrogens (tertiary/aromatic N) is 4. The van der Waals surface area contributed by atoms with Crippen LogP contribution in [0.5, 0.6) is 0 Å². The zero-order valence-corrected chi connectivity index (χ0v) is 9.01. The summed E-state index contributed by atoms with van der Waals surface area (Å²) in [5.74, 6) is 0.886. The van der Waals surface area contributed by atoms with E-state index in [0.29, 0.717) is 0 Å². The normalized spacial score (nSPS) is 11.1. The maximum Gasteiger partial charge on any atom is 0.152 e. The lowest BCUT2D eigenvalue weighted by Crippen LogP contribution is -2.21. The van der Waals surface area contributed by atoms with Crippen LogP contribution in [0.3, 0.4) is 0 Å². The first-order valence-electron chi connectivity index (χ1n) is 4.94. The number of anilines is 1. The fourth-order valence-electron chi connectivity index (χ4n) is 1.39. The zero-order chi connectivity index (χ0) is 10.7. The highest BCUT2D eigenvalue weighted by molar-refractivity contribution is 5.66. The van der Waals surface area contributed by atoms with Crippen LogP contribution in [0.2, 0.25) is 0 Å². The summed E-state index contributed by atoms with van der Waals surface area (Å²) in [6.45, 7) is 1.86. The van der Waals surface area contributed by atoms with Gasteiger partial charge in [0.2, 0.25) is 0 Å². The van der Waals surface area contributed by atoms with Crippen molar-refractivity contribution in [3.05, 3.63) is 24.7 Å². The van der Waals surface area contributed by atoms with E-state index < -0.39 is 0 Å². The molecule has 80 valence electrons. The second-order valence-corrected chi connectivity index (χ2v) is 3.67. The van der Waals surface area contributed by atoms with Gasteiger partial charge in [0.15, 0.2) is 5.82 Å². The summed E-state index contributed by atoms with van der Waals surface area (Å²) in [5, 5.41) is 7.44. The lowest BCUT2D eigenvalue weighted by Gasteiger charge is -2.11. The minimum absolute atomic E-state index is 0.880. The molecular weight excluding hydrogens is 190 g/mol. The molecule has 0 saturated carbocycles. The van der Waals surface area contributed by atoms with E-state index in [2.05, 4.69) is 34.4 Å². The Labute approximate surface area is 88.7 Å². The van der Waals surface area contributed by atoms with Crippen LogP contribution < -0.4 is 5.32 Å². The molecule has 0 radical (unpaired) electrons. The highest BCUT2D eigenvalue weighted by Crippen LogP contribution is 2.11. The highest BCUT2D eigenvalue weighted by Gasteiger charge is 2.01. The number of likely N-dealkylation sites (N-methyl/N-ethyl adjacent to an activating group) is 1. The average Bonchev–Trinajstić information content (AvgIpc) is 2.65. The van der Waals surface area contributed by atoms with E-state index in [1.165, 1.54) is 0 Å². The third-order valence-electron chi connectivity index (χ3n) is 2.18. The van der Waals surface area contributed by atoms with Gasteiger partial charge in [-0.3, -0.25) is 0 Å². The molecule has 0 aliphatic rings. The van der Waals surface area contributed by atoms with Crippen molar-refractivity contribution >= 4 is 11.3 Å². The Hall–Kier alpha value is -1.62. The lowest BCUT2D eigenvalue weighted by atomic mass is 10.4. The molecule has 2 heterocycles. The SMILES string of the molecule is CN(C)CCNc1nccn2nccc12. The topological polar surface area (TPSA) is 45.5 Å². The fraction of sp³-hybridized carbons (Fsp3) is 0.400. The number of nitrogens with one attached hydrogen (secondary N) is 1. The number of rotatable bonds is 4. The molecule has 0 spiro atoms. The lowest BCUT2D eigenvalue weighted by molar-refractivity contribution is 0.425. The molecule has 0 aliphatic heterocycles. The Morgan fingerprint density at radius 3 is 3.07 bits per heavy atom. The Morgan fingerprint density at radius 2 is 2.27 bits per heavy atom. The first-order valence-corrected chi connectivity index (χ1v) is 4.94. The van der Waals surface area contributed by atoms with Gasteiger partial charge in [0.1, 0.15) is 5.52 Å². The van der Waals surface area contributed by atoms with Crippen LogP contribution in [0.1, 0.15) is 0 Å². The number of aromatic nitrogens is 3. The molecule has 1 N–H and O–H groups in total. The summed E-state index contributed by atoms with van der Waals surface area (Å²) < 4.78 is 1.81. The molecule has 0 amide bonds. The average molecular weight is 205 g/mol. The first kappa shape index (κ1) is 9.92. The summed E-state index contributed by atoms with van der Waals surface area (Å²) >= 11 is 0. The monoisotopic (exact) mass is 205 g/mol. The molecule has 0 atom stereocenters. The molecule has 0 bridgehead atoms. The van der Waals surface area contributed by atoms with Crippen molar-refractivity contribution < 1.29 is 0 Å². The minimum Gasteiger partial charge on any atom is -0.367 e. The second kappa shape index (κ2) is 4.27. The molecule has 15 heavy (non-hydrogen) atoms. The van der Waals surface area contributed by atoms with Gasteiger partial charge in [-0.1, -0.05) is 0 Å². The number of hydrogen-bond acceptors (Lipinski definition) is 4. The minimum atomic E-state index is 0.880. The van der Waals surface area contributed by atoms with Gasteiger partial charge in [0, 0.05) is 25.5 Å². The van der Waals surface area contributed by atoms with Crippen LogP contribution in [0, 0.1) is 0 Å². The number of fused-ring (bicyclic) bond motifs is 1. The maximum atomic E-state index is 4.29. The smallest absolute Gasteiger partial charge is 0.152 e. The van der Waals surface area contributed by atoms with Crippen molar-refractivity contribution in [3.63, 3.8) is 0 Å². The van der Waals surface area contributed by atoms with Crippen LogP contribution in [0.25, 0.3) is 5.52 Å². The fourth-order valence-corrected chi connectivity index (χ4v) is 1.39. The predicted molar refractivity (Wildman–Crippen MR) is 60.0 cm³/mol. The Morgan fingerprint density at radius 1 is 1.40 bits per heavy atom. The van der Waals surface area contributed by atoms with Crippen molar-refractivity contribution in [1.29, 1.82) is 0 Å². The van der Waals surface area contributed by atoms with E-state index in [0.717, 1.165) is 24.4 Å². The number of hydrogen-bond donors (Lipinski definition) is 1. The van der Waals surface area contributed by atoms with Crippen molar-refractivity contribution in [2.24, 2.45) is 0 Å². The third kappa shape index (κ3) is 2.24.